The van der Waals surface area contributed by atoms with E-state index in [1.54, 1.807) is 7.11 Å². The number of H-pyrrole nitrogens is 1. The van der Waals surface area contributed by atoms with Crippen LogP contribution in [0.25, 0.3) is 11.0 Å². The molecule has 1 N–H and O–H groups in total. The molecule has 7 heteroatoms. The summed E-state index contributed by atoms with van der Waals surface area (Å²) < 4.78 is 18.1. The monoisotopic (exact) mass is 398 g/mol. The molecule has 1 aromatic carbocycles. The number of piperidine rings is 1. The van der Waals surface area contributed by atoms with Gasteiger partial charge in [-0.25, -0.2) is 0 Å². The molecule has 28 heavy (non-hydrogen) atoms. The second-order valence-corrected chi connectivity index (χ2v) is 8.49. The summed E-state index contributed by atoms with van der Waals surface area (Å²) in [5.41, 5.74) is 4.96. The number of ether oxygens (including phenoxy) is 1. The summed E-state index contributed by atoms with van der Waals surface area (Å²) in [4.78, 5) is 14.7. The molecule has 2 aromatic heterocycles. The van der Waals surface area contributed by atoms with Gasteiger partial charge in [0, 0.05) is 42.2 Å². The Hall–Kier alpha value is -2.25. The highest BCUT2D eigenvalue weighted by Gasteiger charge is 2.21. The molecule has 1 atom stereocenters. The molecule has 0 aliphatic carbocycles. The van der Waals surface area contributed by atoms with Crippen molar-refractivity contribution in [2.45, 2.75) is 43.5 Å². The number of aromatic amines is 1. The minimum absolute atomic E-state index is 0.349. The van der Waals surface area contributed by atoms with Crippen LogP contribution in [0.5, 0.6) is 5.75 Å². The van der Waals surface area contributed by atoms with Crippen LogP contribution in [0.2, 0.25) is 0 Å². The zero-order valence-corrected chi connectivity index (χ0v) is 17.2. The predicted octanol–water partition coefficient (Wildman–Crippen LogP) is 3.83. The molecular weight excluding hydrogens is 372 g/mol. The van der Waals surface area contributed by atoms with Gasteiger partial charge < -0.3 is 14.2 Å². The van der Waals surface area contributed by atoms with Crippen LogP contribution < -0.4 is 9.64 Å². The SMILES string of the molecule is CCc1cnc(C[S+]([O-])c2nc3cc(OC)ccc3[nH]2)cc1N1CCCCC1. The number of nitrogens with one attached hydrogen (secondary N) is 1. The van der Waals surface area contributed by atoms with Gasteiger partial charge in [-0.1, -0.05) is 6.92 Å². The molecule has 6 nitrogen and oxygen atoms in total. The number of aromatic nitrogens is 3. The number of hydrogen-bond acceptors (Lipinski definition) is 5. The average Bonchev–Trinajstić information content (AvgIpc) is 3.17. The number of methoxy groups -OCH3 is 1. The molecule has 1 aliphatic heterocycles. The topological polar surface area (TPSA) is 77.1 Å². The van der Waals surface area contributed by atoms with Crippen LogP contribution in [0, 0.1) is 0 Å². The van der Waals surface area contributed by atoms with E-state index in [1.807, 2.05) is 24.4 Å². The fraction of sp³-hybridized carbons (Fsp3) is 0.429. The maximum atomic E-state index is 12.9. The van der Waals surface area contributed by atoms with Crippen molar-refractivity contribution in [1.29, 1.82) is 0 Å². The van der Waals surface area contributed by atoms with Gasteiger partial charge in [-0.05, 0) is 49.4 Å². The molecule has 4 rings (SSSR count). The van der Waals surface area contributed by atoms with Crippen LogP contribution >= 0.6 is 0 Å². The number of imidazole rings is 1. The highest BCUT2D eigenvalue weighted by atomic mass is 32.2. The Balaban J connectivity index is 1.56. The first-order chi connectivity index (χ1) is 13.7. The summed E-state index contributed by atoms with van der Waals surface area (Å²) in [5, 5.41) is 0.476. The van der Waals surface area contributed by atoms with Gasteiger partial charge in [-0.2, -0.15) is 4.98 Å². The third-order valence-corrected chi connectivity index (χ3v) is 6.44. The molecule has 1 aliphatic rings. The van der Waals surface area contributed by atoms with Crippen molar-refractivity contribution in [3.63, 3.8) is 0 Å². The average molecular weight is 399 g/mol. The van der Waals surface area contributed by atoms with Crippen molar-refractivity contribution in [1.82, 2.24) is 15.0 Å². The molecule has 3 aromatic rings. The van der Waals surface area contributed by atoms with E-state index in [0.717, 1.165) is 42.0 Å². The highest BCUT2D eigenvalue weighted by molar-refractivity contribution is 7.90. The largest absolute Gasteiger partial charge is 0.609 e. The molecule has 0 saturated carbocycles. The Morgan fingerprint density at radius 2 is 2.04 bits per heavy atom. The molecule has 148 valence electrons. The summed E-state index contributed by atoms with van der Waals surface area (Å²) in [5.74, 6) is 1.08. The standard InChI is InChI=1S/C21H26N4O2S/c1-3-15-13-22-16(11-20(15)25-9-5-4-6-10-25)14-28(26)21-23-18-8-7-17(27-2)12-19(18)24-21/h7-8,11-13H,3-6,9-10,14H2,1-2H3,(H,23,24). The first-order valence-corrected chi connectivity index (χ1v) is 11.1. The van der Waals surface area contributed by atoms with E-state index in [4.69, 9.17) is 4.74 Å². The number of anilines is 1. The van der Waals surface area contributed by atoms with Crippen LogP contribution in [0.1, 0.15) is 37.4 Å². The van der Waals surface area contributed by atoms with Gasteiger partial charge in [0.1, 0.15) is 5.75 Å². The fourth-order valence-electron chi connectivity index (χ4n) is 3.69. The van der Waals surface area contributed by atoms with Crippen molar-refractivity contribution in [2.75, 3.05) is 25.1 Å². The molecule has 0 amide bonds. The third kappa shape index (κ3) is 3.95. The van der Waals surface area contributed by atoms with E-state index in [0.29, 0.717) is 10.9 Å². The number of aryl methyl sites for hydroxylation is 1. The molecule has 3 heterocycles. The van der Waals surface area contributed by atoms with Crippen LogP contribution in [-0.2, 0) is 23.3 Å². The van der Waals surface area contributed by atoms with Gasteiger partial charge in [0.25, 0.3) is 0 Å². The van der Waals surface area contributed by atoms with Crippen LogP contribution in [0.4, 0.5) is 5.69 Å². The number of rotatable bonds is 6. The van der Waals surface area contributed by atoms with Crippen molar-refractivity contribution in [3.05, 3.63) is 41.7 Å². The maximum Gasteiger partial charge on any atom is 0.322 e. The number of hydrogen-bond donors (Lipinski definition) is 1. The van der Waals surface area contributed by atoms with Gasteiger partial charge in [0.2, 0.25) is 0 Å². The van der Waals surface area contributed by atoms with E-state index in [-0.39, 0.29) is 0 Å². The fourth-order valence-corrected chi connectivity index (χ4v) is 4.68. The van der Waals surface area contributed by atoms with Gasteiger partial charge in [0.05, 0.1) is 23.8 Å². The quantitative estimate of drug-likeness (QED) is 0.639. The van der Waals surface area contributed by atoms with E-state index in [2.05, 4.69) is 32.8 Å². The van der Waals surface area contributed by atoms with Gasteiger partial charge >= 0.3 is 5.16 Å². The maximum absolute atomic E-state index is 12.9. The Labute approximate surface area is 168 Å². The Bertz CT molecular complexity index is 953. The smallest absolute Gasteiger partial charge is 0.322 e. The number of fused-ring (bicyclic) bond motifs is 1. The minimum Gasteiger partial charge on any atom is -0.609 e. The Morgan fingerprint density at radius 3 is 2.79 bits per heavy atom. The van der Waals surface area contributed by atoms with E-state index in [9.17, 15) is 4.55 Å². The van der Waals surface area contributed by atoms with Crippen molar-refractivity contribution in [3.8, 4) is 5.75 Å². The Kier molecular flexibility index (Phi) is 5.73. The van der Waals surface area contributed by atoms with Crippen LogP contribution in [-0.4, -0.2) is 39.7 Å². The molecule has 1 fully saturated rings. The lowest BCUT2D eigenvalue weighted by Gasteiger charge is -2.30. The van der Waals surface area contributed by atoms with E-state index < -0.39 is 11.2 Å². The van der Waals surface area contributed by atoms with Gasteiger partial charge in [-0.3, -0.25) is 9.97 Å². The van der Waals surface area contributed by atoms with Crippen molar-refractivity contribution in [2.24, 2.45) is 0 Å². The molecular formula is C21H26N4O2S. The lowest BCUT2D eigenvalue weighted by molar-refractivity contribution is 0.415. The van der Waals surface area contributed by atoms with Crippen molar-refractivity contribution >= 4 is 27.9 Å². The highest BCUT2D eigenvalue weighted by Crippen LogP contribution is 2.27. The zero-order valence-electron chi connectivity index (χ0n) is 16.4. The lowest BCUT2D eigenvalue weighted by atomic mass is 10.1. The van der Waals surface area contributed by atoms with E-state index >= 15 is 0 Å². The molecule has 1 unspecified atom stereocenters. The summed E-state index contributed by atoms with van der Waals surface area (Å²) in [6.45, 7) is 4.33. The van der Waals surface area contributed by atoms with Gasteiger partial charge in [0.15, 0.2) is 5.75 Å². The molecule has 0 bridgehead atoms. The predicted molar refractivity (Wildman–Crippen MR) is 112 cm³/mol. The van der Waals surface area contributed by atoms with E-state index in [1.165, 1.54) is 30.5 Å². The first-order valence-electron chi connectivity index (χ1n) is 9.83. The van der Waals surface area contributed by atoms with Gasteiger partial charge in [-0.15, -0.1) is 0 Å². The molecule has 0 spiro atoms. The summed E-state index contributed by atoms with van der Waals surface area (Å²) in [7, 11) is 1.62. The number of nitrogens with zero attached hydrogens (tertiary/aromatic N) is 3. The molecule has 1 saturated heterocycles. The van der Waals surface area contributed by atoms with Crippen LogP contribution in [0.3, 0.4) is 0 Å². The third-order valence-electron chi connectivity index (χ3n) is 5.26. The minimum atomic E-state index is -1.29. The summed E-state index contributed by atoms with van der Waals surface area (Å²) in [6, 6.07) is 7.72. The zero-order chi connectivity index (χ0) is 19.5. The second-order valence-electron chi connectivity index (χ2n) is 7.12. The lowest BCUT2D eigenvalue weighted by Crippen LogP contribution is -2.30. The number of benzene rings is 1. The normalized spacial score (nSPS) is 15.8. The Morgan fingerprint density at radius 1 is 1.21 bits per heavy atom. The first kappa shape index (κ1) is 19.1. The summed E-state index contributed by atoms with van der Waals surface area (Å²) in [6.07, 6.45) is 6.66. The van der Waals surface area contributed by atoms with Crippen LogP contribution in [0.15, 0.2) is 35.6 Å². The summed E-state index contributed by atoms with van der Waals surface area (Å²) >= 11 is -1.29. The number of pyridine rings is 1. The second kappa shape index (κ2) is 8.41. The van der Waals surface area contributed by atoms with Crippen molar-refractivity contribution < 1.29 is 9.29 Å². The molecule has 0 radical (unpaired) electrons.